The van der Waals surface area contributed by atoms with Crippen molar-refractivity contribution in [3.8, 4) is 0 Å². The van der Waals surface area contributed by atoms with E-state index in [9.17, 15) is 4.79 Å². The Morgan fingerprint density at radius 2 is 1.92 bits per heavy atom. The minimum absolute atomic E-state index is 0.240. The van der Waals surface area contributed by atoms with Gasteiger partial charge < -0.3 is 4.74 Å². The quantitative estimate of drug-likeness (QED) is 0.489. The third-order valence-electron chi connectivity index (χ3n) is 1.25. The van der Waals surface area contributed by atoms with Gasteiger partial charge in [-0.3, -0.25) is 0 Å². The largest absolute Gasteiger partial charge is 0.416 e. The lowest BCUT2D eigenvalue weighted by molar-refractivity contribution is 0.0721. The SMILES string of the molecule is CC(=S)OC(=O)c1ccccc1. The van der Waals surface area contributed by atoms with Crippen LogP contribution in [0.1, 0.15) is 17.3 Å². The third kappa shape index (κ3) is 2.43. The number of carbonyl (C=O) groups excluding carboxylic acids is 1. The van der Waals surface area contributed by atoms with Gasteiger partial charge in [0.1, 0.15) is 0 Å². The molecule has 3 heteroatoms. The summed E-state index contributed by atoms with van der Waals surface area (Å²) in [5.74, 6) is -0.400. The summed E-state index contributed by atoms with van der Waals surface area (Å²) in [5, 5.41) is 0.240. The summed E-state index contributed by atoms with van der Waals surface area (Å²) in [4.78, 5) is 11.1. The van der Waals surface area contributed by atoms with Crippen LogP contribution in [0.3, 0.4) is 0 Å². The number of ether oxygens (including phenoxy) is 1. The third-order valence-corrected chi connectivity index (χ3v) is 1.33. The predicted molar refractivity (Wildman–Crippen MR) is 50.1 cm³/mol. The molecule has 2 nitrogen and oxygen atoms in total. The topological polar surface area (TPSA) is 26.3 Å². The highest BCUT2D eigenvalue weighted by atomic mass is 32.1. The molecule has 0 heterocycles. The van der Waals surface area contributed by atoms with Crippen molar-refractivity contribution in [1.82, 2.24) is 0 Å². The Morgan fingerprint density at radius 1 is 1.33 bits per heavy atom. The first kappa shape index (κ1) is 8.87. The van der Waals surface area contributed by atoms with Crippen LogP contribution in [-0.2, 0) is 4.74 Å². The van der Waals surface area contributed by atoms with Crippen LogP contribution >= 0.6 is 12.2 Å². The second-order valence-electron chi connectivity index (χ2n) is 2.25. The first-order valence-electron chi connectivity index (χ1n) is 3.48. The van der Waals surface area contributed by atoms with Gasteiger partial charge in [-0.2, -0.15) is 0 Å². The number of rotatable bonds is 1. The lowest BCUT2D eigenvalue weighted by Crippen LogP contribution is -2.07. The summed E-state index contributed by atoms with van der Waals surface area (Å²) in [7, 11) is 0. The van der Waals surface area contributed by atoms with Crippen LogP contribution in [-0.4, -0.2) is 11.0 Å². The Balaban J connectivity index is 2.73. The highest BCUT2D eigenvalue weighted by molar-refractivity contribution is 7.80. The van der Waals surface area contributed by atoms with Gasteiger partial charge in [-0.25, -0.2) is 4.79 Å². The Bertz CT molecular complexity index is 293. The van der Waals surface area contributed by atoms with Gasteiger partial charge in [0.25, 0.3) is 0 Å². The molecular weight excluding hydrogens is 172 g/mol. The van der Waals surface area contributed by atoms with E-state index in [0.717, 1.165) is 0 Å². The lowest BCUT2D eigenvalue weighted by Gasteiger charge is -1.99. The summed E-state index contributed by atoms with van der Waals surface area (Å²) in [6.07, 6.45) is 0. The summed E-state index contributed by atoms with van der Waals surface area (Å²) in [5.41, 5.74) is 0.515. The zero-order chi connectivity index (χ0) is 8.97. The van der Waals surface area contributed by atoms with Gasteiger partial charge in [0.05, 0.1) is 5.56 Å². The molecule has 62 valence electrons. The number of esters is 1. The molecule has 0 saturated carbocycles. The van der Waals surface area contributed by atoms with Crippen molar-refractivity contribution in [3.63, 3.8) is 0 Å². The first-order valence-corrected chi connectivity index (χ1v) is 3.89. The van der Waals surface area contributed by atoms with E-state index in [-0.39, 0.29) is 5.05 Å². The van der Waals surface area contributed by atoms with Gasteiger partial charge in [0, 0.05) is 6.92 Å². The van der Waals surface area contributed by atoms with Crippen molar-refractivity contribution in [2.45, 2.75) is 6.92 Å². The highest BCUT2D eigenvalue weighted by Crippen LogP contribution is 2.01. The van der Waals surface area contributed by atoms with E-state index in [1.807, 2.05) is 6.07 Å². The average molecular weight is 180 g/mol. The fourth-order valence-electron chi connectivity index (χ4n) is 0.764. The summed E-state index contributed by atoms with van der Waals surface area (Å²) < 4.78 is 4.73. The van der Waals surface area contributed by atoms with Crippen molar-refractivity contribution >= 4 is 23.2 Å². The zero-order valence-corrected chi connectivity index (χ0v) is 7.43. The lowest BCUT2D eigenvalue weighted by atomic mass is 10.2. The van der Waals surface area contributed by atoms with Gasteiger partial charge >= 0.3 is 5.97 Å². The molecule has 0 radical (unpaired) electrons. The van der Waals surface area contributed by atoms with Crippen molar-refractivity contribution < 1.29 is 9.53 Å². The van der Waals surface area contributed by atoms with E-state index >= 15 is 0 Å². The van der Waals surface area contributed by atoms with Crippen LogP contribution in [0, 0.1) is 0 Å². The molecule has 0 amide bonds. The highest BCUT2D eigenvalue weighted by Gasteiger charge is 2.05. The Labute approximate surface area is 76.2 Å². The summed E-state index contributed by atoms with van der Waals surface area (Å²) >= 11 is 4.63. The zero-order valence-electron chi connectivity index (χ0n) is 6.61. The van der Waals surface area contributed by atoms with Crippen molar-refractivity contribution in [2.75, 3.05) is 0 Å². The molecule has 0 spiro atoms. The Morgan fingerprint density at radius 3 is 2.42 bits per heavy atom. The second kappa shape index (κ2) is 3.97. The van der Waals surface area contributed by atoms with Gasteiger partial charge in [-0.05, 0) is 24.4 Å². The monoisotopic (exact) mass is 180 g/mol. The molecule has 12 heavy (non-hydrogen) atoms. The Kier molecular flexibility index (Phi) is 2.94. The molecule has 0 aliphatic carbocycles. The molecule has 1 rings (SSSR count). The predicted octanol–water partition coefficient (Wildman–Crippen LogP) is 2.19. The van der Waals surface area contributed by atoms with Gasteiger partial charge in [0.2, 0.25) is 0 Å². The van der Waals surface area contributed by atoms with Crippen LogP contribution in [0.4, 0.5) is 0 Å². The minimum atomic E-state index is -0.400. The van der Waals surface area contributed by atoms with E-state index in [1.54, 1.807) is 31.2 Å². The van der Waals surface area contributed by atoms with E-state index < -0.39 is 5.97 Å². The number of hydrogen-bond acceptors (Lipinski definition) is 3. The van der Waals surface area contributed by atoms with E-state index in [0.29, 0.717) is 5.56 Å². The first-order chi connectivity index (χ1) is 5.70. The molecule has 0 unspecified atom stereocenters. The van der Waals surface area contributed by atoms with Crippen LogP contribution in [0.5, 0.6) is 0 Å². The fraction of sp³-hybridized carbons (Fsp3) is 0.111. The average Bonchev–Trinajstić information content (AvgIpc) is 2.05. The molecule has 0 aliphatic heterocycles. The number of benzene rings is 1. The molecule has 0 N–H and O–H groups in total. The maximum absolute atomic E-state index is 11.1. The molecule has 1 aromatic carbocycles. The Hall–Kier alpha value is -1.22. The van der Waals surface area contributed by atoms with Gasteiger partial charge in [-0.15, -0.1) is 0 Å². The van der Waals surface area contributed by atoms with Crippen molar-refractivity contribution in [1.29, 1.82) is 0 Å². The van der Waals surface area contributed by atoms with E-state index in [2.05, 4.69) is 12.2 Å². The molecule has 0 aromatic heterocycles. The number of carbonyl (C=O) groups is 1. The fourth-order valence-corrected chi connectivity index (χ4v) is 0.839. The maximum Gasteiger partial charge on any atom is 0.344 e. The molecular formula is C9H8O2S. The summed E-state index contributed by atoms with van der Waals surface area (Å²) in [6, 6.07) is 8.74. The normalized spacial score (nSPS) is 9.08. The number of thiocarbonyl (C=S) groups is 1. The molecule has 0 saturated heterocycles. The molecule has 0 bridgehead atoms. The van der Waals surface area contributed by atoms with Crippen LogP contribution < -0.4 is 0 Å². The van der Waals surface area contributed by atoms with Crippen LogP contribution in [0.25, 0.3) is 0 Å². The van der Waals surface area contributed by atoms with Gasteiger partial charge in [0.15, 0.2) is 5.05 Å². The standard InChI is InChI=1S/C9H8O2S/c1-7(12)11-9(10)8-5-3-2-4-6-8/h2-6H,1H3. The molecule has 0 aliphatic rings. The number of hydrogen-bond donors (Lipinski definition) is 0. The summed E-state index contributed by atoms with van der Waals surface area (Å²) in [6.45, 7) is 1.57. The molecule has 1 aromatic rings. The van der Waals surface area contributed by atoms with Crippen LogP contribution in [0.15, 0.2) is 30.3 Å². The van der Waals surface area contributed by atoms with E-state index in [1.165, 1.54) is 0 Å². The van der Waals surface area contributed by atoms with Gasteiger partial charge in [-0.1, -0.05) is 18.2 Å². The minimum Gasteiger partial charge on any atom is -0.416 e. The molecule has 0 atom stereocenters. The van der Waals surface area contributed by atoms with Crippen molar-refractivity contribution in [2.24, 2.45) is 0 Å². The molecule has 0 fully saturated rings. The van der Waals surface area contributed by atoms with E-state index in [4.69, 9.17) is 4.74 Å². The smallest absolute Gasteiger partial charge is 0.344 e. The maximum atomic E-state index is 11.1. The van der Waals surface area contributed by atoms with Crippen molar-refractivity contribution in [3.05, 3.63) is 35.9 Å². The second-order valence-corrected chi connectivity index (χ2v) is 2.82. The van der Waals surface area contributed by atoms with Crippen LogP contribution in [0.2, 0.25) is 0 Å².